The van der Waals surface area contributed by atoms with Crippen LogP contribution in [0, 0.1) is 17.2 Å². The molecule has 0 amide bonds. The molecule has 1 rings (SSSR count). The first-order chi connectivity index (χ1) is 7.67. The van der Waals surface area contributed by atoms with E-state index < -0.39 is 14.6 Å². The second kappa shape index (κ2) is 6.90. The van der Waals surface area contributed by atoms with Crippen molar-refractivity contribution in [2.45, 2.75) is 32.3 Å². The monoisotopic (exact) mass is 232 g/mol. The Morgan fingerprint density at radius 1 is 1.80 bits per heavy atom. The van der Waals surface area contributed by atoms with Gasteiger partial charge in [-0.25, -0.2) is 0 Å². The predicted octanol–water partition coefficient (Wildman–Crippen LogP) is 2.47. The van der Waals surface area contributed by atoms with Crippen LogP contribution in [-0.4, -0.2) is 25.5 Å². The molecule has 15 heavy (non-hydrogen) atoms. The molecule has 0 aliphatic carbocycles. The van der Waals surface area contributed by atoms with Gasteiger partial charge >= 0.3 is 8.03 Å². The number of hydrogen-bond acceptors (Lipinski definition) is 4. The Hall–Kier alpha value is -0.490. The maximum Gasteiger partial charge on any atom is 0.508 e. The third kappa shape index (κ3) is 4.25. The fourth-order valence-electron chi connectivity index (χ4n) is 1.62. The molecule has 1 saturated heterocycles. The molecule has 5 heteroatoms. The van der Waals surface area contributed by atoms with Crippen molar-refractivity contribution in [3.63, 3.8) is 0 Å². The maximum absolute atomic E-state index is 11.5. The van der Waals surface area contributed by atoms with Crippen molar-refractivity contribution in [2.75, 3.05) is 19.4 Å². The van der Waals surface area contributed by atoms with Crippen molar-refractivity contribution >= 4 is 8.03 Å². The molecule has 2 unspecified atom stereocenters. The first kappa shape index (κ1) is 11.0. The van der Waals surface area contributed by atoms with Crippen LogP contribution in [0.1, 0.15) is 27.6 Å². The van der Waals surface area contributed by atoms with Crippen LogP contribution < -0.4 is 0 Å². The second-order valence-corrected chi connectivity index (χ2v) is 4.79. The van der Waals surface area contributed by atoms with Crippen LogP contribution in [0.3, 0.4) is 0 Å². The Balaban J connectivity index is 2.30. The predicted molar refractivity (Wildman–Crippen MR) is 56.8 cm³/mol. The van der Waals surface area contributed by atoms with E-state index in [9.17, 15) is 4.57 Å². The van der Waals surface area contributed by atoms with Crippen molar-refractivity contribution in [3.05, 3.63) is 0 Å². The van der Waals surface area contributed by atoms with Gasteiger partial charge < -0.3 is 4.74 Å². The van der Waals surface area contributed by atoms with E-state index in [0.29, 0.717) is 12.6 Å². The Morgan fingerprint density at radius 3 is 3.27 bits per heavy atom. The Labute approximate surface area is 92.8 Å². The van der Waals surface area contributed by atoms with Gasteiger partial charge in [-0.3, -0.25) is 0 Å². The fraction of sp³-hybridized carbons (Fsp3) is 0.900. The number of nitrogens with zero attached hydrogens (tertiary/aromatic N) is 1. The molecule has 84 valence electrons. The van der Waals surface area contributed by atoms with Gasteiger partial charge in [-0.2, -0.15) is 5.26 Å². The average molecular weight is 232 g/mol. The SMILES string of the molecule is [3H]C1C[C@H](C[P+](=O)OCCC#N)[C@@H](CC)O1. The van der Waals surface area contributed by atoms with Crippen LogP contribution in [0.2, 0.25) is 0 Å². The molecule has 1 aliphatic rings. The summed E-state index contributed by atoms with van der Waals surface area (Å²) in [6, 6.07) is 1.94. The van der Waals surface area contributed by atoms with E-state index >= 15 is 0 Å². The highest BCUT2D eigenvalue weighted by Crippen LogP contribution is 2.33. The lowest BCUT2D eigenvalue weighted by Crippen LogP contribution is -2.16. The van der Waals surface area contributed by atoms with E-state index in [-0.39, 0.29) is 25.0 Å². The molecule has 4 nitrogen and oxygen atoms in total. The number of rotatable bonds is 6. The van der Waals surface area contributed by atoms with Crippen molar-refractivity contribution in [1.82, 2.24) is 0 Å². The van der Waals surface area contributed by atoms with Crippen molar-refractivity contribution in [3.8, 4) is 6.07 Å². The van der Waals surface area contributed by atoms with Gasteiger partial charge in [0.05, 0.1) is 20.0 Å². The third-order valence-electron chi connectivity index (χ3n) is 2.43. The molecule has 0 bridgehead atoms. The van der Waals surface area contributed by atoms with Crippen LogP contribution in [-0.2, 0) is 13.8 Å². The highest BCUT2D eigenvalue weighted by molar-refractivity contribution is 7.39. The van der Waals surface area contributed by atoms with E-state index in [4.69, 9.17) is 15.9 Å². The van der Waals surface area contributed by atoms with Crippen molar-refractivity contribution < 1.29 is 15.2 Å². The van der Waals surface area contributed by atoms with E-state index in [1.165, 1.54) is 0 Å². The van der Waals surface area contributed by atoms with Crippen molar-refractivity contribution in [2.24, 2.45) is 5.92 Å². The Morgan fingerprint density at radius 2 is 2.60 bits per heavy atom. The summed E-state index contributed by atoms with van der Waals surface area (Å²) in [5.41, 5.74) is 0. The maximum atomic E-state index is 11.5. The van der Waals surface area contributed by atoms with E-state index in [2.05, 4.69) is 0 Å². The van der Waals surface area contributed by atoms with Crippen LogP contribution in [0.25, 0.3) is 0 Å². The molecule has 1 fully saturated rings. The molecule has 0 aromatic rings. The van der Waals surface area contributed by atoms with Gasteiger partial charge in [-0.15, -0.1) is 4.52 Å². The first-order valence-electron chi connectivity index (χ1n) is 5.77. The molecule has 0 aromatic heterocycles. The van der Waals surface area contributed by atoms with Crippen LogP contribution >= 0.6 is 8.03 Å². The molecule has 1 heterocycles. The summed E-state index contributed by atoms with van der Waals surface area (Å²) in [7, 11) is -1.72. The minimum Gasteiger partial charge on any atom is -0.378 e. The van der Waals surface area contributed by atoms with E-state index in [1.807, 2.05) is 13.0 Å². The quantitative estimate of drug-likeness (QED) is 0.521. The fourth-order valence-corrected chi connectivity index (χ4v) is 2.79. The summed E-state index contributed by atoms with van der Waals surface area (Å²) in [6.45, 7) is 1.73. The topological polar surface area (TPSA) is 59.3 Å². The minimum absolute atomic E-state index is 0.0287. The summed E-state index contributed by atoms with van der Waals surface area (Å²) < 4.78 is 29.5. The highest BCUT2D eigenvalue weighted by Gasteiger charge is 2.34. The van der Waals surface area contributed by atoms with Crippen LogP contribution in [0.15, 0.2) is 0 Å². The number of ether oxygens (including phenoxy) is 1. The molecule has 1 aliphatic heterocycles. The van der Waals surface area contributed by atoms with Gasteiger partial charge in [0.2, 0.25) is 0 Å². The molecular weight excluding hydrogens is 213 g/mol. The normalized spacial score (nSPS) is 32.1. The molecule has 0 saturated carbocycles. The standard InChI is InChI=1S/C10H17NO3P/c1-2-10-9(4-7-13-10)8-15(12)14-6-3-5-11/h9-10H,2-4,6-8H2,1H3/q+1/t9-,10-/m1/s1/i7T/t7?,9-,10-. The molecule has 0 N–H and O–H groups in total. The number of nitriles is 1. The van der Waals surface area contributed by atoms with Gasteiger partial charge in [0.25, 0.3) is 0 Å². The summed E-state index contributed by atoms with van der Waals surface area (Å²) in [5, 5.41) is 8.31. The minimum atomic E-state index is -1.72. The summed E-state index contributed by atoms with van der Waals surface area (Å²) >= 11 is 0. The first-order valence-corrected chi connectivity index (χ1v) is 6.55. The van der Waals surface area contributed by atoms with Gasteiger partial charge in [-0.1, -0.05) is 6.92 Å². The van der Waals surface area contributed by atoms with Crippen LogP contribution in [0.4, 0.5) is 0 Å². The largest absolute Gasteiger partial charge is 0.508 e. The summed E-state index contributed by atoms with van der Waals surface area (Å²) in [6.07, 6.45) is 2.19. The summed E-state index contributed by atoms with van der Waals surface area (Å²) in [5.74, 6) is 0.151. The lowest BCUT2D eigenvalue weighted by molar-refractivity contribution is 0.0912. The van der Waals surface area contributed by atoms with Gasteiger partial charge in [0.1, 0.15) is 6.61 Å². The Kier molecular flexibility index (Phi) is 5.06. The molecule has 4 atom stereocenters. The Bertz CT molecular complexity index is 282. The van der Waals surface area contributed by atoms with Gasteiger partial charge in [0.15, 0.2) is 6.16 Å². The molecule has 0 spiro atoms. The molecule has 0 radical (unpaired) electrons. The molecular formula is C10H17NO3P+. The third-order valence-corrected chi connectivity index (χ3v) is 3.67. The zero-order valence-corrected chi connectivity index (χ0v) is 9.78. The van der Waals surface area contributed by atoms with E-state index in [1.54, 1.807) is 0 Å². The number of hydrogen-bond donors (Lipinski definition) is 0. The van der Waals surface area contributed by atoms with E-state index in [0.717, 1.165) is 6.42 Å². The summed E-state index contributed by atoms with van der Waals surface area (Å²) in [4.78, 5) is 0. The highest BCUT2D eigenvalue weighted by atomic mass is 31.1. The van der Waals surface area contributed by atoms with Crippen LogP contribution in [0.5, 0.6) is 0 Å². The second-order valence-electron chi connectivity index (χ2n) is 3.50. The zero-order valence-electron chi connectivity index (χ0n) is 9.89. The van der Waals surface area contributed by atoms with Gasteiger partial charge in [0, 0.05) is 12.5 Å². The lowest BCUT2D eigenvalue weighted by Gasteiger charge is -2.10. The zero-order chi connectivity index (χ0) is 12.0. The lowest BCUT2D eigenvalue weighted by atomic mass is 10.0. The smallest absolute Gasteiger partial charge is 0.378 e. The van der Waals surface area contributed by atoms with Gasteiger partial charge in [-0.05, 0) is 17.4 Å². The average Bonchev–Trinajstić information content (AvgIpc) is 2.59. The van der Waals surface area contributed by atoms with Crippen molar-refractivity contribution in [1.29, 1.82) is 5.26 Å². The molecule has 0 aromatic carbocycles.